The van der Waals surface area contributed by atoms with Crippen molar-refractivity contribution >= 4 is 57.0 Å². The number of rotatable bonds is 8. The fourth-order valence-corrected chi connectivity index (χ4v) is 4.77. The van der Waals surface area contributed by atoms with Gasteiger partial charge in [0.05, 0.1) is 39.5 Å². The van der Waals surface area contributed by atoms with Gasteiger partial charge >= 0.3 is 5.97 Å². The molecule has 0 atom stereocenters. The fraction of sp³-hybridized carbons (Fsp3) is 0.0870. The molecule has 0 bridgehead atoms. The van der Waals surface area contributed by atoms with E-state index in [4.69, 9.17) is 23.2 Å². The van der Waals surface area contributed by atoms with Crippen molar-refractivity contribution in [3.05, 3.63) is 94.0 Å². The predicted octanol–water partition coefficient (Wildman–Crippen LogP) is 4.13. The molecule has 0 heterocycles. The second kappa shape index (κ2) is 11.1. The van der Waals surface area contributed by atoms with Crippen LogP contribution in [0.3, 0.4) is 0 Å². The highest BCUT2D eigenvalue weighted by molar-refractivity contribution is 7.92. The topological polar surface area (TPSA) is 105 Å². The molecule has 0 saturated heterocycles. The van der Waals surface area contributed by atoms with Gasteiger partial charge < -0.3 is 4.74 Å². The summed E-state index contributed by atoms with van der Waals surface area (Å²) >= 11 is 12.3. The Morgan fingerprint density at radius 2 is 1.68 bits per heavy atom. The summed E-state index contributed by atoms with van der Waals surface area (Å²) in [5, 5.41) is 3.99. The van der Waals surface area contributed by atoms with Gasteiger partial charge in [0.15, 0.2) is 0 Å². The normalized spacial score (nSPS) is 11.3. The number of esters is 1. The Kier molecular flexibility index (Phi) is 8.27. The number of nitrogens with zero attached hydrogens (tertiary/aromatic N) is 2. The molecule has 34 heavy (non-hydrogen) atoms. The molecule has 0 radical (unpaired) electrons. The standard InChI is InChI=1S/C23H19Cl2N3O5S/c1-33-23(30)17-12-10-16(11-13-17)14-26-27-21(29)15-28(20-9-5-8-19(24)22(20)25)34(31,32)18-6-3-2-4-7-18/h2-14H,15H2,1H3,(H,27,29)/b26-14+. The van der Waals surface area contributed by atoms with Gasteiger partial charge in [-0.15, -0.1) is 0 Å². The smallest absolute Gasteiger partial charge is 0.337 e. The van der Waals surface area contributed by atoms with E-state index in [1.54, 1.807) is 42.5 Å². The Morgan fingerprint density at radius 3 is 2.32 bits per heavy atom. The highest BCUT2D eigenvalue weighted by atomic mass is 35.5. The van der Waals surface area contributed by atoms with E-state index in [1.807, 2.05) is 0 Å². The highest BCUT2D eigenvalue weighted by Crippen LogP contribution is 2.35. The number of hydrazone groups is 1. The number of sulfonamides is 1. The summed E-state index contributed by atoms with van der Waals surface area (Å²) in [6.07, 6.45) is 1.35. The van der Waals surface area contributed by atoms with Gasteiger partial charge in [-0.05, 0) is 42.0 Å². The number of carbonyl (C=O) groups is 2. The van der Waals surface area contributed by atoms with Crippen LogP contribution in [0.1, 0.15) is 15.9 Å². The first-order valence-electron chi connectivity index (χ1n) is 9.76. The van der Waals surface area contributed by atoms with Crippen LogP contribution in [-0.2, 0) is 19.6 Å². The zero-order valence-corrected chi connectivity index (χ0v) is 20.1. The lowest BCUT2D eigenvalue weighted by molar-refractivity contribution is -0.119. The van der Waals surface area contributed by atoms with Gasteiger partial charge in [-0.2, -0.15) is 5.10 Å². The van der Waals surface area contributed by atoms with Crippen LogP contribution in [0.2, 0.25) is 10.0 Å². The van der Waals surface area contributed by atoms with Crippen molar-refractivity contribution < 1.29 is 22.7 Å². The van der Waals surface area contributed by atoms with Crippen molar-refractivity contribution in [3.63, 3.8) is 0 Å². The van der Waals surface area contributed by atoms with E-state index >= 15 is 0 Å². The summed E-state index contributed by atoms with van der Waals surface area (Å²) in [7, 11) is -2.86. The molecule has 0 aliphatic heterocycles. The largest absolute Gasteiger partial charge is 0.465 e. The Balaban J connectivity index is 1.81. The van der Waals surface area contributed by atoms with E-state index in [0.717, 1.165) is 4.31 Å². The molecule has 0 unspecified atom stereocenters. The zero-order chi connectivity index (χ0) is 24.7. The van der Waals surface area contributed by atoms with Crippen LogP contribution < -0.4 is 9.73 Å². The molecule has 0 aromatic heterocycles. The molecule has 1 N–H and O–H groups in total. The molecule has 3 aromatic rings. The van der Waals surface area contributed by atoms with Crippen molar-refractivity contribution in [2.24, 2.45) is 5.10 Å². The van der Waals surface area contributed by atoms with E-state index in [-0.39, 0.29) is 20.6 Å². The van der Waals surface area contributed by atoms with Crippen LogP contribution in [0.5, 0.6) is 0 Å². The number of benzene rings is 3. The van der Waals surface area contributed by atoms with Crippen LogP contribution in [-0.4, -0.2) is 40.2 Å². The predicted molar refractivity (Wildman–Crippen MR) is 131 cm³/mol. The van der Waals surface area contributed by atoms with Gasteiger partial charge in [0.25, 0.3) is 15.9 Å². The lowest BCUT2D eigenvalue weighted by atomic mass is 10.1. The molecule has 0 fully saturated rings. The maximum atomic E-state index is 13.3. The Labute approximate surface area is 206 Å². The summed E-state index contributed by atoms with van der Waals surface area (Å²) in [6, 6.07) is 18.4. The summed E-state index contributed by atoms with van der Waals surface area (Å²) in [5.41, 5.74) is 3.31. The first-order chi connectivity index (χ1) is 16.2. The maximum Gasteiger partial charge on any atom is 0.337 e. The lowest BCUT2D eigenvalue weighted by Crippen LogP contribution is -2.39. The maximum absolute atomic E-state index is 13.3. The van der Waals surface area contributed by atoms with Gasteiger partial charge in [-0.1, -0.05) is 59.6 Å². The van der Waals surface area contributed by atoms with Crippen LogP contribution in [0, 0.1) is 0 Å². The number of ether oxygens (including phenoxy) is 1. The van der Waals surface area contributed by atoms with Gasteiger partial charge in [0, 0.05) is 0 Å². The Bertz CT molecular complexity index is 1310. The number of nitrogens with one attached hydrogen (secondary N) is 1. The van der Waals surface area contributed by atoms with E-state index in [2.05, 4.69) is 15.3 Å². The Hall–Kier alpha value is -3.40. The minimum Gasteiger partial charge on any atom is -0.465 e. The number of amides is 1. The molecule has 8 nitrogen and oxygen atoms in total. The van der Waals surface area contributed by atoms with E-state index < -0.39 is 28.4 Å². The number of methoxy groups -OCH3 is 1. The van der Waals surface area contributed by atoms with Crippen LogP contribution in [0.25, 0.3) is 0 Å². The SMILES string of the molecule is COC(=O)c1ccc(/C=N/NC(=O)CN(c2cccc(Cl)c2Cl)S(=O)(=O)c2ccccc2)cc1. The van der Waals surface area contributed by atoms with E-state index in [9.17, 15) is 18.0 Å². The molecular weight excluding hydrogens is 501 g/mol. The number of carbonyl (C=O) groups excluding carboxylic acids is 2. The molecule has 0 aliphatic rings. The second-order valence-corrected chi connectivity index (χ2v) is 9.45. The van der Waals surface area contributed by atoms with Crippen LogP contribution in [0.15, 0.2) is 82.8 Å². The van der Waals surface area contributed by atoms with Crippen molar-refractivity contribution in [3.8, 4) is 0 Å². The molecule has 0 aliphatic carbocycles. The fourth-order valence-electron chi connectivity index (χ4n) is 2.87. The number of halogens is 2. The van der Waals surface area contributed by atoms with Crippen molar-refractivity contribution in [1.82, 2.24) is 5.43 Å². The minimum atomic E-state index is -4.15. The molecular formula is C23H19Cl2N3O5S. The molecule has 176 valence electrons. The molecule has 3 rings (SSSR count). The molecule has 0 saturated carbocycles. The van der Waals surface area contributed by atoms with E-state index in [1.165, 1.54) is 43.7 Å². The van der Waals surface area contributed by atoms with Gasteiger partial charge in [0.1, 0.15) is 6.54 Å². The zero-order valence-electron chi connectivity index (χ0n) is 17.8. The van der Waals surface area contributed by atoms with E-state index in [0.29, 0.717) is 11.1 Å². The summed E-state index contributed by atoms with van der Waals surface area (Å²) < 4.78 is 32.1. The molecule has 3 aromatic carbocycles. The average molecular weight is 520 g/mol. The number of anilines is 1. The summed E-state index contributed by atoms with van der Waals surface area (Å²) in [4.78, 5) is 24.1. The third-order valence-electron chi connectivity index (χ3n) is 4.55. The third kappa shape index (κ3) is 5.93. The van der Waals surface area contributed by atoms with Crippen molar-refractivity contribution in [1.29, 1.82) is 0 Å². The average Bonchev–Trinajstić information content (AvgIpc) is 2.85. The van der Waals surface area contributed by atoms with Crippen molar-refractivity contribution in [2.45, 2.75) is 4.90 Å². The Morgan fingerprint density at radius 1 is 1.00 bits per heavy atom. The number of hydrogen-bond acceptors (Lipinski definition) is 6. The molecule has 0 spiro atoms. The lowest BCUT2D eigenvalue weighted by Gasteiger charge is -2.24. The first-order valence-corrected chi connectivity index (χ1v) is 12.0. The summed E-state index contributed by atoms with van der Waals surface area (Å²) in [6.45, 7) is -0.601. The third-order valence-corrected chi connectivity index (χ3v) is 7.14. The van der Waals surface area contributed by atoms with Gasteiger partial charge in [-0.3, -0.25) is 9.10 Å². The molecule has 1 amide bonds. The second-order valence-electron chi connectivity index (χ2n) is 6.80. The quantitative estimate of drug-likeness (QED) is 0.273. The minimum absolute atomic E-state index is 0.00864. The van der Waals surface area contributed by atoms with Crippen LogP contribution >= 0.6 is 23.2 Å². The van der Waals surface area contributed by atoms with Gasteiger partial charge in [-0.25, -0.2) is 18.6 Å². The monoisotopic (exact) mass is 519 g/mol. The first kappa shape index (κ1) is 25.2. The highest BCUT2D eigenvalue weighted by Gasteiger charge is 2.29. The van der Waals surface area contributed by atoms with Crippen LogP contribution in [0.4, 0.5) is 5.69 Å². The molecule has 11 heteroatoms. The number of hydrogen-bond donors (Lipinski definition) is 1. The van der Waals surface area contributed by atoms with Crippen molar-refractivity contribution in [2.75, 3.05) is 18.0 Å². The summed E-state index contributed by atoms with van der Waals surface area (Å²) in [5.74, 6) is -1.19. The van der Waals surface area contributed by atoms with Gasteiger partial charge in [0.2, 0.25) is 0 Å².